The number of benzene rings is 2. The molecule has 11 heteroatoms. The second-order valence-corrected chi connectivity index (χ2v) is 11.5. The quantitative estimate of drug-likeness (QED) is 0.235. The SMILES string of the molecule is O=C(O)c1cccc(-c2noc(N3[C@@H]4CC[C@H]3CC(OCc3c(-c5c(Cl)cccc5Cl)noc3C3CC3)C4)n2)c1. The maximum absolute atomic E-state index is 11.4. The number of halogens is 2. The molecule has 4 aromatic rings. The maximum atomic E-state index is 11.4. The van der Waals surface area contributed by atoms with E-state index in [1.165, 1.54) is 6.07 Å². The number of fused-ring (bicyclic) bond motifs is 2. The number of carboxylic acid groups (broad SMARTS) is 1. The zero-order valence-electron chi connectivity index (χ0n) is 21.4. The molecular weight excluding hydrogens is 555 g/mol. The van der Waals surface area contributed by atoms with Gasteiger partial charge in [0, 0.05) is 34.7 Å². The summed E-state index contributed by atoms with van der Waals surface area (Å²) < 4.78 is 18.0. The standard InChI is InChI=1S/C29H26Cl2N4O5/c30-22-5-2-6-23(31)24(22)25-21(26(39-33-25)15-7-8-15)14-38-20-12-18-9-10-19(13-20)35(18)29-32-27(34-40-29)16-3-1-4-17(11-16)28(36)37/h1-6,11,15,18-20H,7-10,12-14H2,(H,36,37)/t18-,19+,20?. The maximum Gasteiger partial charge on any atom is 0.335 e. The number of piperidine rings is 1. The van der Waals surface area contributed by atoms with Gasteiger partial charge >= 0.3 is 12.0 Å². The molecule has 2 bridgehead atoms. The molecule has 2 aromatic heterocycles. The lowest BCUT2D eigenvalue weighted by molar-refractivity contribution is 0.0138. The highest BCUT2D eigenvalue weighted by atomic mass is 35.5. The Kier molecular flexibility index (Phi) is 6.53. The lowest BCUT2D eigenvalue weighted by Crippen LogP contribution is -2.45. The van der Waals surface area contributed by atoms with E-state index in [0.29, 0.717) is 51.2 Å². The summed E-state index contributed by atoms with van der Waals surface area (Å²) in [6.45, 7) is 0.376. The fraction of sp³-hybridized carbons (Fsp3) is 0.379. The molecule has 0 amide bonds. The molecule has 206 valence electrons. The number of hydrogen-bond acceptors (Lipinski definition) is 8. The van der Waals surface area contributed by atoms with Gasteiger partial charge in [-0.3, -0.25) is 0 Å². The van der Waals surface area contributed by atoms with Crippen molar-refractivity contribution in [2.24, 2.45) is 0 Å². The summed E-state index contributed by atoms with van der Waals surface area (Å²) in [7, 11) is 0. The minimum atomic E-state index is -0.997. The summed E-state index contributed by atoms with van der Waals surface area (Å²) in [6.07, 6.45) is 5.89. The number of nitrogens with zero attached hydrogens (tertiary/aromatic N) is 4. The van der Waals surface area contributed by atoms with E-state index in [2.05, 4.69) is 20.2 Å². The minimum absolute atomic E-state index is 0.0555. The average Bonchev–Trinajstić information content (AvgIpc) is 3.41. The van der Waals surface area contributed by atoms with E-state index < -0.39 is 5.97 Å². The highest BCUT2D eigenvalue weighted by Crippen LogP contribution is 2.47. The van der Waals surface area contributed by atoms with Gasteiger partial charge in [0.05, 0.1) is 28.3 Å². The van der Waals surface area contributed by atoms with Crippen LogP contribution in [0.1, 0.15) is 66.1 Å². The Labute approximate surface area is 240 Å². The predicted octanol–water partition coefficient (Wildman–Crippen LogP) is 6.99. The molecule has 1 N–H and O–H groups in total. The van der Waals surface area contributed by atoms with Gasteiger partial charge in [0.15, 0.2) is 0 Å². The third kappa shape index (κ3) is 4.66. The first-order valence-electron chi connectivity index (χ1n) is 13.5. The molecule has 0 spiro atoms. The van der Waals surface area contributed by atoms with Crippen molar-refractivity contribution in [3.63, 3.8) is 0 Å². The molecular formula is C29H26Cl2N4O5. The minimum Gasteiger partial charge on any atom is -0.478 e. The van der Waals surface area contributed by atoms with Crippen molar-refractivity contribution in [1.82, 2.24) is 15.3 Å². The Morgan fingerprint density at radius 2 is 1.73 bits per heavy atom. The number of aromatic nitrogens is 3. The number of anilines is 1. The van der Waals surface area contributed by atoms with E-state index in [4.69, 9.17) is 37.0 Å². The molecule has 2 aliphatic heterocycles. The van der Waals surface area contributed by atoms with Crippen LogP contribution in [0.5, 0.6) is 0 Å². The molecule has 2 aromatic carbocycles. The van der Waals surface area contributed by atoms with Crippen LogP contribution in [0.15, 0.2) is 51.5 Å². The molecule has 1 saturated carbocycles. The Bertz CT molecular complexity index is 1550. The van der Waals surface area contributed by atoms with Crippen LogP contribution in [-0.4, -0.2) is 44.6 Å². The summed E-state index contributed by atoms with van der Waals surface area (Å²) in [5.74, 6) is 0.615. The first kappa shape index (κ1) is 25.6. The number of rotatable bonds is 8. The highest BCUT2D eigenvalue weighted by Gasteiger charge is 2.44. The summed E-state index contributed by atoms with van der Waals surface area (Å²) in [5, 5.41) is 18.9. The predicted molar refractivity (Wildman–Crippen MR) is 148 cm³/mol. The Morgan fingerprint density at radius 3 is 2.42 bits per heavy atom. The van der Waals surface area contributed by atoms with E-state index >= 15 is 0 Å². The Hall–Kier alpha value is -3.40. The molecule has 4 heterocycles. The number of ether oxygens (including phenoxy) is 1. The van der Waals surface area contributed by atoms with Crippen LogP contribution in [-0.2, 0) is 11.3 Å². The molecule has 7 rings (SSSR count). The average molecular weight is 581 g/mol. The van der Waals surface area contributed by atoms with Crippen LogP contribution in [0.4, 0.5) is 6.01 Å². The summed E-state index contributed by atoms with van der Waals surface area (Å²) in [4.78, 5) is 18.2. The van der Waals surface area contributed by atoms with Crippen molar-refractivity contribution in [1.29, 1.82) is 0 Å². The van der Waals surface area contributed by atoms with Crippen molar-refractivity contribution in [3.05, 3.63) is 69.4 Å². The van der Waals surface area contributed by atoms with Crippen LogP contribution < -0.4 is 4.90 Å². The van der Waals surface area contributed by atoms with E-state index in [1.807, 2.05) is 6.07 Å². The van der Waals surface area contributed by atoms with Gasteiger partial charge in [0.25, 0.3) is 0 Å². The van der Waals surface area contributed by atoms with Gasteiger partial charge in [-0.05, 0) is 62.8 Å². The van der Waals surface area contributed by atoms with Crippen molar-refractivity contribution < 1.29 is 23.7 Å². The van der Waals surface area contributed by atoms with E-state index in [0.717, 1.165) is 49.8 Å². The van der Waals surface area contributed by atoms with Gasteiger partial charge in [-0.1, -0.05) is 51.7 Å². The Balaban J connectivity index is 1.07. The van der Waals surface area contributed by atoms with E-state index in [9.17, 15) is 9.90 Å². The van der Waals surface area contributed by atoms with Gasteiger partial charge < -0.3 is 23.8 Å². The summed E-state index contributed by atoms with van der Waals surface area (Å²) in [6, 6.07) is 12.9. The van der Waals surface area contributed by atoms with Gasteiger partial charge in [-0.25, -0.2) is 4.79 Å². The molecule has 3 aliphatic rings. The number of aromatic carboxylic acids is 1. The number of hydrogen-bond donors (Lipinski definition) is 1. The molecule has 2 saturated heterocycles. The van der Waals surface area contributed by atoms with Crippen LogP contribution >= 0.6 is 23.2 Å². The lowest BCUT2D eigenvalue weighted by Gasteiger charge is -2.37. The van der Waals surface area contributed by atoms with Crippen molar-refractivity contribution >= 4 is 35.2 Å². The Morgan fingerprint density at radius 1 is 1.00 bits per heavy atom. The van der Waals surface area contributed by atoms with E-state index in [1.54, 1.807) is 30.3 Å². The first-order valence-corrected chi connectivity index (χ1v) is 14.2. The van der Waals surface area contributed by atoms with Crippen LogP contribution in [0.2, 0.25) is 10.0 Å². The van der Waals surface area contributed by atoms with E-state index in [-0.39, 0.29) is 23.8 Å². The summed E-state index contributed by atoms with van der Waals surface area (Å²) in [5.41, 5.74) is 3.05. The second-order valence-electron chi connectivity index (χ2n) is 10.7. The van der Waals surface area contributed by atoms with Crippen LogP contribution in [0.3, 0.4) is 0 Å². The van der Waals surface area contributed by atoms with Gasteiger partial charge in [0.2, 0.25) is 5.82 Å². The smallest absolute Gasteiger partial charge is 0.335 e. The topological polar surface area (TPSA) is 115 Å². The van der Waals surface area contributed by atoms with Crippen LogP contribution in [0.25, 0.3) is 22.6 Å². The lowest BCUT2D eigenvalue weighted by atomic mass is 9.99. The molecule has 1 unspecified atom stereocenters. The van der Waals surface area contributed by atoms with Gasteiger partial charge in [-0.2, -0.15) is 4.98 Å². The largest absolute Gasteiger partial charge is 0.478 e. The zero-order valence-corrected chi connectivity index (χ0v) is 22.9. The van der Waals surface area contributed by atoms with Gasteiger partial charge in [0.1, 0.15) is 11.5 Å². The van der Waals surface area contributed by atoms with Gasteiger partial charge in [-0.15, -0.1) is 0 Å². The second kappa shape index (κ2) is 10.2. The third-order valence-corrected chi connectivity index (χ3v) is 8.75. The normalized spacial score (nSPS) is 22.1. The molecule has 0 radical (unpaired) electrons. The molecule has 3 fully saturated rings. The molecule has 9 nitrogen and oxygen atoms in total. The highest BCUT2D eigenvalue weighted by molar-refractivity contribution is 6.39. The van der Waals surface area contributed by atoms with Crippen LogP contribution in [0, 0.1) is 0 Å². The first-order chi connectivity index (χ1) is 19.5. The number of carbonyl (C=O) groups is 1. The third-order valence-electron chi connectivity index (χ3n) is 8.12. The fourth-order valence-corrected chi connectivity index (χ4v) is 6.63. The monoisotopic (exact) mass is 580 g/mol. The number of carboxylic acids is 1. The van der Waals surface area contributed by atoms with Crippen molar-refractivity contribution in [3.8, 4) is 22.6 Å². The molecule has 40 heavy (non-hydrogen) atoms. The zero-order chi connectivity index (χ0) is 27.4. The molecule has 1 aliphatic carbocycles. The van der Waals surface area contributed by atoms with Crippen molar-refractivity contribution in [2.75, 3.05) is 4.90 Å². The van der Waals surface area contributed by atoms with Crippen molar-refractivity contribution in [2.45, 2.75) is 69.2 Å². The molecule has 3 atom stereocenters. The fourth-order valence-electron chi connectivity index (χ4n) is 6.05. The summed E-state index contributed by atoms with van der Waals surface area (Å²) >= 11 is 13.0.